The van der Waals surface area contributed by atoms with Gasteiger partial charge in [0.25, 0.3) is 0 Å². The van der Waals surface area contributed by atoms with Crippen LogP contribution in [0.3, 0.4) is 0 Å². The zero-order chi connectivity index (χ0) is 34.1. The standard InChI is InChI=1S/C34H45N5O7/c1-23-24(20-26(21-27(23)31(41)43-9)44-19-11-10-12-30(40)45-33(2,3)4)13-14-25-22-36-28-15-16-29(37-39(25)28)38(8)18-17-35-32(42)46-34(5,6)7/h15-16,20-22H,10-12,17-19H2,1-9H3,(H,35,42). The summed E-state index contributed by atoms with van der Waals surface area (Å²) in [5.41, 5.74) is 1.66. The fourth-order valence-electron chi connectivity index (χ4n) is 4.22. The van der Waals surface area contributed by atoms with Crippen LogP contribution in [0.25, 0.3) is 5.65 Å². The van der Waals surface area contributed by atoms with Crippen molar-refractivity contribution in [3.63, 3.8) is 0 Å². The molecule has 0 fully saturated rings. The Balaban J connectivity index is 1.74. The molecule has 1 amide bonds. The second kappa shape index (κ2) is 15.5. The molecule has 1 N–H and O–H groups in total. The van der Waals surface area contributed by atoms with E-state index in [0.717, 1.165) is 0 Å². The number of unbranched alkanes of at least 4 members (excludes halogenated alkanes) is 1. The maximum atomic E-state index is 12.6. The first-order chi connectivity index (χ1) is 21.6. The Bertz CT molecular complexity index is 1610. The van der Waals surface area contributed by atoms with Gasteiger partial charge in [0.15, 0.2) is 5.65 Å². The lowest BCUT2D eigenvalue weighted by Gasteiger charge is -2.21. The molecular formula is C34H45N5O7. The summed E-state index contributed by atoms with van der Waals surface area (Å²) in [7, 11) is 3.19. The van der Waals surface area contributed by atoms with E-state index in [1.807, 2.05) is 65.6 Å². The first-order valence-electron chi connectivity index (χ1n) is 15.2. The quantitative estimate of drug-likeness (QED) is 0.132. The van der Waals surface area contributed by atoms with Gasteiger partial charge < -0.3 is 29.2 Å². The van der Waals surface area contributed by atoms with E-state index in [0.29, 0.717) is 78.6 Å². The molecule has 0 aliphatic heterocycles. The number of hydrogen-bond acceptors (Lipinski definition) is 10. The van der Waals surface area contributed by atoms with Gasteiger partial charge in [-0.3, -0.25) is 4.79 Å². The monoisotopic (exact) mass is 635 g/mol. The molecule has 2 heterocycles. The minimum Gasteiger partial charge on any atom is -0.494 e. The Morgan fingerprint density at radius 1 is 1.00 bits per heavy atom. The first kappa shape index (κ1) is 35.7. The second-order valence-corrected chi connectivity index (χ2v) is 12.7. The van der Waals surface area contributed by atoms with Crippen molar-refractivity contribution in [2.45, 2.75) is 78.9 Å². The molecule has 0 radical (unpaired) electrons. The number of imidazole rings is 1. The van der Waals surface area contributed by atoms with Crippen molar-refractivity contribution in [1.29, 1.82) is 0 Å². The van der Waals surface area contributed by atoms with Crippen LogP contribution in [0, 0.1) is 18.8 Å². The van der Waals surface area contributed by atoms with Crippen LogP contribution in [0.4, 0.5) is 10.6 Å². The minimum absolute atomic E-state index is 0.246. The third-order valence-electron chi connectivity index (χ3n) is 6.43. The predicted octanol–water partition coefficient (Wildman–Crippen LogP) is 5.08. The highest BCUT2D eigenvalue weighted by Crippen LogP contribution is 2.23. The van der Waals surface area contributed by atoms with Crippen LogP contribution >= 0.6 is 0 Å². The Labute approximate surface area is 270 Å². The molecule has 12 nitrogen and oxygen atoms in total. The zero-order valence-electron chi connectivity index (χ0n) is 28.3. The molecule has 0 unspecified atom stereocenters. The average Bonchev–Trinajstić information content (AvgIpc) is 3.36. The van der Waals surface area contributed by atoms with Crippen molar-refractivity contribution in [2.24, 2.45) is 0 Å². The fourth-order valence-corrected chi connectivity index (χ4v) is 4.22. The van der Waals surface area contributed by atoms with Crippen LogP contribution in [0.1, 0.15) is 88.0 Å². The normalized spacial score (nSPS) is 11.3. The van der Waals surface area contributed by atoms with E-state index in [4.69, 9.17) is 24.0 Å². The van der Waals surface area contributed by atoms with Crippen molar-refractivity contribution in [3.8, 4) is 17.6 Å². The molecule has 3 rings (SSSR count). The number of amides is 1. The largest absolute Gasteiger partial charge is 0.494 e. The van der Waals surface area contributed by atoms with Crippen molar-refractivity contribution in [1.82, 2.24) is 19.9 Å². The number of esters is 2. The van der Waals surface area contributed by atoms with Crippen LogP contribution in [0.5, 0.6) is 5.75 Å². The number of methoxy groups -OCH3 is 1. The molecule has 248 valence electrons. The van der Waals surface area contributed by atoms with E-state index in [1.54, 1.807) is 29.8 Å². The number of anilines is 1. The highest BCUT2D eigenvalue weighted by molar-refractivity contribution is 5.92. The lowest BCUT2D eigenvalue weighted by molar-refractivity contribution is -0.154. The topological polar surface area (TPSA) is 134 Å². The van der Waals surface area contributed by atoms with Gasteiger partial charge in [-0.05, 0) is 97.1 Å². The molecule has 0 aliphatic carbocycles. The third-order valence-corrected chi connectivity index (χ3v) is 6.43. The number of likely N-dealkylation sites (N-methyl/N-ethyl adjacent to an activating group) is 1. The summed E-state index contributed by atoms with van der Waals surface area (Å²) in [5.74, 6) is 6.65. The molecule has 0 atom stereocenters. The van der Waals surface area contributed by atoms with E-state index in [2.05, 4.69) is 22.1 Å². The summed E-state index contributed by atoms with van der Waals surface area (Å²) in [6.07, 6.45) is 2.69. The lowest BCUT2D eigenvalue weighted by Crippen LogP contribution is -2.37. The number of nitrogens with one attached hydrogen (secondary N) is 1. The molecule has 0 saturated heterocycles. The third kappa shape index (κ3) is 11.0. The Morgan fingerprint density at radius 2 is 1.72 bits per heavy atom. The van der Waals surface area contributed by atoms with Crippen LogP contribution in [0.15, 0.2) is 30.5 Å². The van der Waals surface area contributed by atoms with Crippen LogP contribution in [-0.4, -0.2) is 77.7 Å². The summed E-state index contributed by atoms with van der Waals surface area (Å²) in [5, 5.41) is 7.44. The molecule has 12 heteroatoms. The number of benzene rings is 1. The van der Waals surface area contributed by atoms with E-state index < -0.39 is 23.3 Å². The number of fused-ring (bicyclic) bond motifs is 1. The maximum absolute atomic E-state index is 12.6. The van der Waals surface area contributed by atoms with Gasteiger partial charge in [-0.15, -0.1) is 5.10 Å². The molecule has 46 heavy (non-hydrogen) atoms. The SMILES string of the molecule is COC(=O)c1cc(OCCCCC(=O)OC(C)(C)C)cc(C#Cc2cnc3ccc(N(C)CCNC(=O)OC(C)(C)C)nn23)c1C. The molecular weight excluding hydrogens is 590 g/mol. The van der Waals surface area contributed by atoms with Gasteiger partial charge in [-0.25, -0.2) is 19.1 Å². The molecule has 1 aromatic carbocycles. The average molecular weight is 636 g/mol. The molecule has 3 aromatic rings. The van der Waals surface area contributed by atoms with E-state index in [-0.39, 0.29) is 5.97 Å². The Kier molecular flexibility index (Phi) is 12.0. The number of alkyl carbamates (subject to hydrolysis) is 1. The van der Waals surface area contributed by atoms with Gasteiger partial charge in [-0.1, -0.05) is 5.92 Å². The van der Waals surface area contributed by atoms with Gasteiger partial charge in [0.2, 0.25) is 0 Å². The zero-order valence-corrected chi connectivity index (χ0v) is 28.3. The van der Waals surface area contributed by atoms with Gasteiger partial charge in [-0.2, -0.15) is 0 Å². The first-order valence-corrected chi connectivity index (χ1v) is 15.2. The van der Waals surface area contributed by atoms with Gasteiger partial charge in [0.1, 0.15) is 28.5 Å². The van der Waals surface area contributed by atoms with Gasteiger partial charge in [0.05, 0.1) is 25.5 Å². The fraction of sp³-hybridized carbons (Fsp3) is 0.500. The van der Waals surface area contributed by atoms with Gasteiger partial charge >= 0.3 is 18.0 Å². The maximum Gasteiger partial charge on any atom is 0.407 e. The van der Waals surface area contributed by atoms with Crippen LogP contribution in [-0.2, 0) is 19.0 Å². The highest BCUT2D eigenvalue weighted by atomic mass is 16.6. The number of ether oxygens (including phenoxy) is 4. The number of carbonyl (C=O) groups excluding carboxylic acids is 3. The molecule has 2 aromatic heterocycles. The Morgan fingerprint density at radius 3 is 2.39 bits per heavy atom. The number of carbonyl (C=O) groups is 3. The number of nitrogens with zero attached hydrogens (tertiary/aromatic N) is 4. The summed E-state index contributed by atoms with van der Waals surface area (Å²) in [6, 6.07) is 7.09. The number of hydrogen-bond donors (Lipinski definition) is 1. The van der Waals surface area contributed by atoms with Crippen molar-refractivity contribution >= 4 is 29.5 Å². The molecule has 0 spiro atoms. The molecule has 0 aliphatic rings. The Hall–Kier alpha value is -4.79. The summed E-state index contributed by atoms with van der Waals surface area (Å²) in [6.45, 7) is 14.0. The second-order valence-electron chi connectivity index (χ2n) is 12.7. The van der Waals surface area contributed by atoms with Crippen molar-refractivity contribution in [3.05, 3.63) is 52.8 Å². The predicted molar refractivity (Wildman–Crippen MR) is 174 cm³/mol. The van der Waals surface area contributed by atoms with Crippen molar-refractivity contribution < 1.29 is 33.3 Å². The highest BCUT2D eigenvalue weighted by Gasteiger charge is 2.18. The van der Waals surface area contributed by atoms with E-state index in [1.165, 1.54) is 7.11 Å². The number of rotatable bonds is 11. The smallest absolute Gasteiger partial charge is 0.407 e. The van der Waals surface area contributed by atoms with Gasteiger partial charge in [0, 0.05) is 32.1 Å². The van der Waals surface area contributed by atoms with E-state index in [9.17, 15) is 14.4 Å². The molecule has 0 bridgehead atoms. The lowest BCUT2D eigenvalue weighted by atomic mass is 10.0. The van der Waals surface area contributed by atoms with E-state index >= 15 is 0 Å². The van der Waals surface area contributed by atoms with Crippen molar-refractivity contribution in [2.75, 3.05) is 38.8 Å². The van der Waals surface area contributed by atoms with Crippen LogP contribution < -0.4 is 15.0 Å². The summed E-state index contributed by atoms with van der Waals surface area (Å²) >= 11 is 0. The molecule has 0 saturated carbocycles. The summed E-state index contributed by atoms with van der Waals surface area (Å²) < 4.78 is 23.2. The summed E-state index contributed by atoms with van der Waals surface area (Å²) in [4.78, 5) is 42.8. The number of aromatic nitrogens is 3. The minimum atomic E-state index is -0.570. The van der Waals surface area contributed by atoms with Crippen LogP contribution in [0.2, 0.25) is 0 Å².